The van der Waals surface area contributed by atoms with Crippen molar-refractivity contribution in [1.29, 1.82) is 0 Å². The maximum Gasteiger partial charge on any atom is 0.186 e. The van der Waals surface area contributed by atoms with E-state index in [-0.39, 0.29) is 0 Å². The molecule has 2 aliphatic rings. The summed E-state index contributed by atoms with van der Waals surface area (Å²) in [6.45, 7) is 7.62. The lowest BCUT2D eigenvalue weighted by Gasteiger charge is -2.41. The first-order chi connectivity index (χ1) is 11.2. The van der Waals surface area contributed by atoms with Gasteiger partial charge in [-0.1, -0.05) is 25.1 Å². The molecule has 3 heterocycles. The smallest absolute Gasteiger partial charge is 0.186 e. The summed E-state index contributed by atoms with van der Waals surface area (Å²) in [5.74, 6) is -0.401. The van der Waals surface area contributed by atoms with Crippen molar-refractivity contribution in [1.82, 2.24) is 4.98 Å². The summed E-state index contributed by atoms with van der Waals surface area (Å²) in [6, 6.07) is 8.46. The number of benzene rings is 1. The fourth-order valence-corrected chi connectivity index (χ4v) is 4.05. The second-order valence-electron chi connectivity index (χ2n) is 6.53. The molecular formula is C19H24N2O2. The molecule has 0 N–H and O–H groups in total. The van der Waals surface area contributed by atoms with E-state index in [1.165, 1.54) is 16.6 Å². The van der Waals surface area contributed by atoms with Gasteiger partial charge < -0.3 is 14.4 Å². The SMILES string of the molecule is CCc1c(C)nc2ccccc2c1N1CCCC2(C1)OCCO2. The molecule has 0 aliphatic carbocycles. The summed E-state index contributed by atoms with van der Waals surface area (Å²) in [6.07, 6.45) is 3.08. The molecule has 4 nitrogen and oxygen atoms in total. The molecule has 1 spiro atoms. The highest BCUT2D eigenvalue weighted by atomic mass is 16.7. The van der Waals surface area contributed by atoms with Crippen LogP contribution in [0.15, 0.2) is 24.3 Å². The Hall–Kier alpha value is -1.65. The standard InChI is InChI=1S/C19H24N2O2/c1-3-15-14(2)20-17-8-5-4-7-16(17)18(15)21-10-6-9-19(13-21)22-11-12-23-19/h4-5,7-8H,3,6,9-13H2,1-2H3. The second kappa shape index (κ2) is 5.77. The van der Waals surface area contributed by atoms with Crippen LogP contribution in [0, 0.1) is 6.92 Å². The predicted molar refractivity (Wildman–Crippen MR) is 91.9 cm³/mol. The summed E-state index contributed by atoms with van der Waals surface area (Å²) < 4.78 is 11.9. The maximum absolute atomic E-state index is 5.97. The van der Waals surface area contributed by atoms with Crippen LogP contribution in [-0.4, -0.2) is 37.1 Å². The van der Waals surface area contributed by atoms with Crippen molar-refractivity contribution in [2.75, 3.05) is 31.2 Å². The highest BCUT2D eigenvalue weighted by molar-refractivity contribution is 5.94. The van der Waals surface area contributed by atoms with Gasteiger partial charge in [-0.2, -0.15) is 0 Å². The van der Waals surface area contributed by atoms with Crippen LogP contribution in [0.4, 0.5) is 5.69 Å². The highest BCUT2D eigenvalue weighted by Crippen LogP contribution is 2.38. The van der Waals surface area contributed by atoms with Gasteiger partial charge in [0, 0.05) is 24.0 Å². The van der Waals surface area contributed by atoms with Gasteiger partial charge in [0.1, 0.15) is 0 Å². The molecule has 2 fully saturated rings. The third-order valence-electron chi connectivity index (χ3n) is 5.07. The lowest BCUT2D eigenvalue weighted by molar-refractivity contribution is -0.161. The Kier molecular flexibility index (Phi) is 3.74. The molecule has 23 heavy (non-hydrogen) atoms. The number of aromatic nitrogens is 1. The first kappa shape index (κ1) is 14.9. The van der Waals surface area contributed by atoms with E-state index in [0.717, 1.165) is 43.6 Å². The normalized spacial score (nSPS) is 20.5. The monoisotopic (exact) mass is 312 g/mol. The average molecular weight is 312 g/mol. The van der Waals surface area contributed by atoms with Crippen LogP contribution in [0.1, 0.15) is 31.0 Å². The molecule has 0 bridgehead atoms. The van der Waals surface area contributed by atoms with Crippen LogP contribution < -0.4 is 4.90 Å². The van der Waals surface area contributed by atoms with Gasteiger partial charge in [0.15, 0.2) is 5.79 Å². The van der Waals surface area contributed by atoms with Crippen molar-refractivity contribution in [2.45, 2.75) is 38.9 Å². The van der Waals surface area contributed by atoms with Crippen molar-refractivity contribution in [2.24, 2.45) is 0 Å². The number of rotatable bonds is 2. The number of hydrogen-bond donors (Lipinski definition) is 0. The number of ether oxygens (including phenoxy) is 2. The Morgan fingerprint density at radius 1 is 1.22 bits per heavy atom. The fourth-order valence-electron chi connectivity index (χ4n) is 4.05. The third-order valence-corrected chi connectivity index (χ3v) is 5.07. The Morgan fingerprint density at radius 2 is 2.00 bits per heavy atom. The van der Waals surface area contributed by atoms with Crippen molar-refractivity contribution in [3.8, 4) is 0 Å². The van der Waals surface area contributed by atoms with Gasteiger partial charge >= 0.3 is 0 Å². The van der Waals surface area contributed by atoms with E-state index in [2.05, 4.69) is 43.0 Å². The van der Waals surface area contributed by atoms with E-state index in [1.54, 1.807) is 0 Å². The average Bonchev–Trinajstić information content (AvgIpc) is 3.01. The minimum absolute atomic E-state index is 0.401. The number of nitrogens with zero attached hydrogens (tertiary/aromatic N) is 2. The Morgan fingerprint density at radius 3 is 2.78 bits per heavy atom. The molecule has 4 rings (SSSR count). The number of para-hydroxylation sites is 1. The van der Waals surface area contributed by atoms with Crippen LogP contribution in [0.2, 0.25) is 0 Å². The third kappa shape index (κ3) is 2.50. The first-order valence-corrected chi connectivity index (χ1v) is 8.63. The molecule has 0 unspecified atom stereocenters. The Labute approximate surface area is 137 Å². The number of hydrogen-bond acceptors (Lipinski definition) is 4. The molecule has 1 aromatic heterocycles. The summed E-state index contributed by atoms with van der Waals surface area (Å²) in [4.78, 5) is 7.26. The summed E-state index contributed by atoms with van der Waals surface area (Å²) in [7, 11) is 0. The summed E-state index contributed by atoms with van der Waals surface area (Å²) in [5.41, 5.74) is 4.88. The molecule has 0 amide bonds. The molecule has 4 heteroatoms. The molecule has 0 saturated carbocycles. The zero-order valence-corrected chi connectivity index (χ0v) is 14.0. The molecule has 1 aromatic carbocycles. The van der Waals surface area contributed by atoms with E-state index in [0.29, 0.717) is 13.2 Å². The molecule has 2 aliphatic heterocycles. The minimum atomic E-state index is -0.401. The molecule has 2 aromatic rings. The van der Waals surface area contributed by atoms with E-state index < -0.39 is 5.79 Å². The number of fused-ring (bicyclic) bond motifs is 1. The zero-order chi connectivity index (χ0) is 15.9. The number of piperidine rings is 1. The van der Waals surface area contributed by atoms with Gasteiger partial charge in [-0.3, -0.25) is 4.98 Å². The summed E-state index contributed by atoms with van der Waals surface area (Å²) in [5, 5.41) is 1.24. The van der Waals surface area contributed by atoms with Gasteiger partial charge in [-0.25, -0.2) is 0 Å². The first-order valence-electron chi connectivity index (χ1n) is 8.63. The molecular weight excluding hydrogens is 288 g/mol. The van der Waals surface area contributed by atoms with Gasteiger partial charge in [0.25, 0.3) is 0 Å². The van der Waals surface area contributed by atoms with Crippen LogP contribution in [0.5, 0.6) is 0 Å². The van der Waals surface area contributed by atoms with Crippen molar-refractivity contribution in [3.63, 3.8) is 0 Å². The van der Waals surface area contributed by atoms with Gasteiger partial charge in [-0.15, -0.1) is 0 Å². The molecule has 0 atom stereocenters. The number of aryl methyl sites for hydroxylation is 1. The van der Waals surface area contributed by atoms with E-state index in [4.69, 9.17) is 14.5 Å². The molecule has 0 radical (unpaired) electrons. The van der Waals surface area contributed by atoms with Gasteiger partial charge in [-0.05, 0) is 31.4 Å². The number of pyridine rings is 1. The zero-order valence-electron chi connectivity index (χ0n) is 14.0. The largest absolute Gasteiger partial charge is 0.365 e. The van der Waals surface area contributed by atoms with E-state index in [9.17, 15) is 0 Å². The Balaban J connectivity index is 1.83. The second-order valence-corrected chi connectivity index (χ2v) is 6.53. The van der Waals surface area contributed by atoms with Gasteiger partial charge in [0.05, 0.1) is 31.0 Å². The highest BCUT2D eigenvalue weighted by Gasteiger charge is 2.41. The lowest BCUT2D eigenvalue weighted by Crippen LogP contribution is -2.49. The van der Waals surface area contributed by atoms with Crippen molar-refractivity contribution in [3.05, 3.63) is 35.5 Å². The predicted octanol–water partition coefficient (Wildman–Crippen LogP) is 3.45. The quantitative estimate of drug-likeness (QED) is 0.851. The Bertz CT molecular complexity index is 723. The lowest BCUT2D eigenvalue weighted by atomic mass is 9.98. The number of anilines is 1. The van der Waals surface area contributed by atoms with Crippen molar-refractivity contribution >= 4 is 16.6 Å². The van der Waals surface area contributed by atoms with Crippen LogP contribution in [0.3, 0.4) is 0 Å². The minimum Gasteiger partial charge on any atom is -0.365 e. The van der Waals surface area contributed by atoms with Crippen LogP contribution in [-0.2, 0) is 15.9 Å². The van der Waals surface area contributed by atoms with Crippen LogP contribution in [0.25, 0.3) is 10.9 Å². The maximum atomic E-state index is 5.97. The van der Waals surface area contributed by atoms with E-state index >= 15 is 0 Å². The molecule has 2 saturated heterocycles. The van der Waals surface area contributed by atoms with E-state index in [1.807, 2.05) is 0 Å². The topological polar surface area (TPSA) is 34.6 Å². The van der Waals surface area contributed by atoms with Crippen molar-refractivity contribution < 1.29 is 9.47 Å². The van der Waals surface area contributed by atoms with Crippen LogP contribution >= 0.6 is 0 Å². The fraction of sp³-hybridized carbons (Fsp3) is 0.526. The summed E-state index contributed by atoms with van der Waals surface area (Å²) >= 11 is 0. The molecule has 122 valence electrons. The van der Waals surface area contributed by atoms with Gasteiger partial charge in [0.2, 0.25) is 0 Å².